The number of fused-ring (bicyclic) bond motifs is 1. The maximum absolute atomic E-state index is 12.1. The molecule has 1 N–H and O–H groups in total. The fourth-order valence-corrected chi connectivity index (χ4v) is 4.67. The number of hydrogen-bond donors (Lipinski definition) is 1. The second kappa shape index (κ2) is 9.06. The Kier molecular flexibility index (Phi) is 6.25. The van der Waals surface area contributed by atoms with Crippen LogP contribution in [-0.4, -0.2) is 21.4 Å². The first-order chi connectivity index (χ1) is 14.6. The Morgan fingerprint density at radius 1 is 1.20 bits per heavy atom. The van der Waals surface area contributed by atoms with E-state index in [0.29, 0.717) is 21.8 Å². The van der Waals surface area contributed by atoms with Gasteiger partial charge in [0.25, 0.3) is 5.91 Å². The summed E-state index contributed by atoms with van der Waals surface area (Å²) in [6, 6.07) is 16.5. The van der Waals surface area contributed by atoms with Crippen molar-refractivity contribution in [1.82, 2.24) is 9.88 Å². The summed E-state index contributed by atoms with van der Waals surface area (Å²) in [6.07, 6.45) is 5.07. The molecule has 3 aromatic rings. The standard InChI is InChI=1S/C24H24N2O2S2/c1-3-16(2)18-8-5-7-11-21(18)28-13-12-26-15-17(19-9-4-6-10-20(19)26)14-22-23(27)25-24(29)30-22/h4-11,14-16H,3,12-13H2,1-2H3,(H,25,27,29)/b22-14-. The predicted octanol–water partition coefficient (Wildman–Crippen LogP) is 5.72. The number of nitrogens with one attached hydrogen (secondary N) is 1. The lowest BCUT2D eigenvalue weighted by molar-refractivity contribution is -0.115. The summed E-state index contributed by atoms with van der Waals surface area (Å²) in [5.74, 6) is 1.29. The summed E-state index contributed by atoms with van der Waals surface area (Å²) < 4.78 is 8.85. The third-order valence-electron chi connectivity index (χ3n) is 5.40. The zero-order valence-electron chi connectivity index (χ0n) is 17.1. The maximum Gasteiger partial charge on any atom is 0.263 e. The number of thiocarbonyl (C=S) groups is 1. The molecule has 1 aromatic heterocycles. The second-order valence-corrected chi connectivity index (χ2v) is 9.06. The first-order valence-corrected chi connectivity index (χ1v) is 11.3. The van der Waals surface area contributed by atoms with Crippen molar-refractivity contribution in [3.8, 4) is 5.75 Å². The van der Waals surface area contributed by atoms with Gasteiger partial charge in [0.2, 0.25) is 0 Å². The van der Waals surface area contributed by atoms with E-state index in [9.17, 15) is 4.79 Å². The number of para-hydroxylation sites is 2. The van der Waals surface area contributed by atoms with Crippen LogP contribution in [0.5, 0.6) is 5.75 Å². The average molecular weight is 437 g/mol. The molecule has 0 saturated carbocycles. The van der Waals surface area contributed by atoms with Gasteiger partial charge in [0.1, 0.15) is 16.7 Å². The smallest absolute Gasteiger partial charge is 0.263 e. The zero-order chi connectivity index (χ0) is 21.1. The molecule has 1 fully saturated rings. The number of carbonyl (C=O) groups is 1. The molecule has 4 rings (SSSR count). The predicted molar refractivity (Wildman–Crippen MR) is 129 cm³/mol. The summed E-state index contributed by atoms with van der Waals surface area (Å²) in [6.45, 7) is 5.71. The molecule has 0 radical (unpaired) electrons. The Labute approximate surface area is 186 Å². The molecule has 154 valence electrons. The van der Waals surface area contributed by atoms with Crippen LogP contribution in [0.15, 0.2) is 59.6 Å². The number of rotatable bonds is 7. The van der Waals surface area contributed by atoms with Crippen LogP contribution >= 0.6 is 24.0 Å². The van der Waals surface area contributed by atoms with Crippen molar-refractivity contribution < 1.29 is 9.53 Å². The van der Waals surface area contributed by atoms with E-state index in [1.54, 1.807) is 0 Å². The number of thioether (sulfide) groups is 1. The van der Waals surface area contributed by atoms with Gasteiger partial charge in [-0.05, 0) is 36.1 Å². The fraction of sp³-hybridized carbons (Fsp3) is 0.250. The normalized spacial score (nSPS) is 16.3. The zero-order valence-corrected chi connectivity index (χ0v) is 18.7. The van der Waals surface area contributed by atoms with E-state index in [4.69, 9.17) is 17.0 Å². The minimum Gasteiger partial charge on any atom is -0.491 e. The molecule has 1 unspecified atom stereocenters. The molecule has 1 amide bonds. The summed E-state index contributed by atoms with van der Waals surface area (Å²) in [5, 5.41) is 3.78. The quantitative estimate of drug-likeness (QED) is 0.380. The molecule has 2 heterocycles. The Morgan fingerprint density at radius 2 is 1.97 bits per heavy atom. The Morgan fingerprint density at radius 3 is 2.73 bits per heavy atom. The van der Waals surface area contributed by atoms with Crippen LogP contribution < -0.4 is 10.1 Å². The van der Waals surface area contributed by atoms with E-state index in [1.165, 1.54) is 17.3 Å². The number of amides is 1. The lowest BCUT2D eigenvalue weighted by Gasteiger charge is -2.16. The number of hydrogen-bond acceptors (Lipinski definition) is 4. The fourth-order valence-electron chi connectivity index (χ4n) is 3.63. The SMILES string of the molecule is CCC(C)c1ccccc1OCCn1cc(/C=C2\SC(=S)NC2=O)c2ccccc21. The van der Waals surface area contributed by atoms with Crippen LogP contribution in [0.2, 0.25) is 0 Å². The molecular weight excluding hydrogens is 412 g/mol. The number of nitrogens with zero attached hydrogens (tertiary/aromatic N) is 1. The monoisotopic (exact) mass is 436 g/mol. The minimum absolute atomic E-state index is 0.133. The third kappa shape index (κ3) is 4.30. The number of ether oxygens (including phenoxy) is 1. The largest absolute Gasteiger partial charge is 0.491 e. The van der Waals surface area contributed by atoms with Crippen LogP contribution in [0.4, 0.5) is 0 Å². The molecule has 6 heteroatoms. The highest BCUT2D eigenvalue weighted by Gasteiger charge is 2.22. The Balaban J connectivity index is 1.56. The number of benzene rings is 2. The molecule has 0 spiro atoms. The van der Waals surface area contributed by atoms with Crippen LogP contribution in [0.1, 0.15) is 37.3 Å². The van der Waals surface area contributed by atoms with Crippen molar-refractivity contribution in [2.24, 2.45) is 0 Å². The van der Waals surface area contributed by atoms with E-state index in [0.717, 1.165) is 35.2 Å². The molecule has 0 bridgehead atoms. The van der Waals surface area contributed by atoms with Gasteiger partial charge in [-0.15, -0.1) is 0 Å². The summed E-state index contributed by atoms with van der Waals surface area (Å²) in [4.78, 5) is 12.7. The minimum atomic E-state index is -0.133. The lowest BCUT2D eigenvalue weighted by atomic mass is 9.98. The van der Waals surface area contributed by atoms with E-state index >= 15 is 0 Å². The first-order valence-electron chi connectivity index (χ1n) is 10.1. The van der Waals surface area contributed by atoms with Crippen molar-refractivity contribution in [3.63, 3.8) is 0 Å². The molecule has 1 saturated heterocycles. The average Bonchev–Trinajstić information content (AvgIpc) is 3.27. The van der Waals surface area contributed by atoms with Crippen LogP contribution in [0.3, 0.4) is 0 Å². The summed E-state index contributed by atoms with van der Waals surface area (Å²) >= 11 is 6.41. The maximum atomic E-state index is 12.1. The second-order valence-electron chi connectivity index (χ2n) is 7.34. The van der Waals surface area contributed by atoms with Crippen molar-refractivity contribution in [2.45, 2.75) is 32.7 Å². The molecule has 0 aliphatic carbocycles. The van der Waals surface area contributed by atoms with Crippen molar-refractivity contribution in [2.75, 3.05) is 6.61 Å². The highest BCUT2D eigenvalue weighted by atomic mass is 32.2. The molecule has 1 atom stereocenters. The van der Waals surface area contributed by atoms with Crippen LogP contribution in [0.25, 0.3) is 17.0 Å². The van der Waals surface area contributed by atoms with Gasteiger partial charge in [-0.1, -0.05) is 74.2 Å². The molecule has 2 aromatic carbocycles. The molecule has 4 nitrogen and oxygen atoms in total. The Hall–Kier alpha value is -2.57. The van der Waals surface area contributed by atoms with E-state index in [-0.39, 0.29) is 5.91 Å². The van der Waals surface area contributed by atoms with Crippen molar-refractivity contribution >= 4 is 51.2 Å². The van der Waals surface area contributed by atoms with E-state index in [2.05, 4.69) is 54.2 Å². The van der Waals surface area contributed by atoms with E-state index in [1.807, 2.05) is 30.3 Å². The highest BCUT2D eigenvalue weighted by Crippen LogP contribution is 2.31. The van der Waals surface area contributed by atoms with Gasteiger partial charge >= 0.3 is 0 Å². The van der Waals surface area contributed by atoms with Gasteiger partial charge in [0.15, 0.2) is 0 Å². The van der Waals surface area contributed by atoms with Crippen molar-refractivity contribution in [1.29, 1.82) is 0 Å². The van der Waals surface area contributed by atoms with Gasteiger partial charge in [-0.25, -0.2) is 0 Å². The third-order valence-corrected chi connectivity index (χ3v) is 6.56. The van der Waals surface area contributed by atoms with Crippen LogP contribution in [-0.2, 0) is 11.3 Å². The summed E-state index contributed by atoms with van der Waals surface area (Å²) in [5.41, 5.74) is 3.38. The van der Waals surface area contributed by atoms with Gasteiger partial charge < -0.3 is 14.6 Å². The van der Waals surface area contributed by atoms with Gasteiger partial charge in [0, 0.05) is 22.7 Å². The van der Waals surface area contributed by atoms with Crippen LogP contribution in [0, 0.1) is 0 Å². The topological polar surface area (TPSA) is 43.3 Å². The number of aromatic nitrogens is 1. The lowest BCUT2D eigenvalue weighted by Crippen LogP contribution is -2.17. The van der Waals surface area contributed by atoms with Gasteiger partial charge in [-0.3, -0.25) is 4.79 Å². The summed E-state index contributed by atoms with van der Waals surface area (Å²) in [7, 11) is 0. The van der Waals surface area contributed by atoms with Gasteiger partial charge in [-0.2, -0.15) is 0 Å². The van der Waals surface area contributed by atoms with Crippen molar-refractivity contribution in [3.05, 3.63) is 70.8 Å². The van der Waals surface area contributed by atoms with Gasteiger partial charge in [0.05, 0.1) is 11.4 Å². The molecule has 30 heavy (non-hydrogen) atoms. The molecule has 1 aliphatic rings. The highest BCUT2D eigenvalue weighted by molar-refractivity contribution is 8.26. The van der Waals surface area contributed by atoms with E-state index < -0.39 is 0 Å². The first kappa shape index (κ1) is 20.7. The number of carbonyl (C=O) groups excluding carboxylic acids is 1. The Bertz CT molecular complexity index is 1130. The molecular formula is C24H24N2O2S2. The molecule has 1 aliphatic heterocycles.